The molecule has 17 nitrogen and oxygen atoms in total. The number of fused-ring (bicyclic) bond motifs is 4. The lowest BCUT2D eigenvalue weighted by Gasteiger charge is -2.70. The Balaban J connectivity index is 0.974. The molecule has 0 unspecified atom stereocenters. The SMILES string of the molecule is CC(C)=C[C@@H]1C[C@](C)(O)[C@@H]2[C@H]3CC[C@H]4[C@@]5(C)CC[C@H](O[C@H]6OC[C@H](O)[C@H](O[C@@H]7O[C@@H](CO)[C@H](O)[C@@H](O)[C@H]7O)[C@H]6O[C@@H]6O[C@H](C)[C@@H](O)[C@@H](O)[C@H]6O)C(C)(C)[C@@H]5CC[C@@]4(C)[C@@]34CO[C@@]2(C4)O1. The first kappa shape index (κ1) is 48.1. The predicted octanol–water partition coefficient (Wildman–Crippen LogP) is 0.994. The molecule has 5 heterocycles. The van der Waals surface area contributed by atoms with Crippen molar-refractivity contribution < 1.29 is 83.9 Å². The minimum atomic E-state index is -1.79. The van der Waals surface area contributed by atoms with Crippen LogP contribution in [0.2, 0.25) is 0 Å². The highest BCUT2D eigenvalue weighted by Gasteiger charge is 2.81. The fraction of sp³-hybridized carbons (Fsp3) is 0.957. The van der Waals surface area contributed by atoms with Crippen molar-refractivity contribution in [3.8, 4) is 0 Å². The van der Waals surface area contributed by atoms with Crippen LogP contribution < -0.4 is 0 Å². The van der Waals surface area contributed by atoms with Gasteiger partial charge in [0, 0.05) is 24.2 Å². The van der Waals surface area contributed by atoms with Crippen LogP contribution in [0.5, 0.6) is 0 Å². The molecule has 366 valence electrons. The monoisotopic (exact) mass is 913 g/mol. The minimum absolute atomic E-state index is 0.0656. The van der Waals surface area contributed by atoms with Gasteiger partial charge in [0.2, 0.25) is 0 Å². The number of rotatable bonds is 8. The van der Waals surface area contributed by atoms with Crippen molar-refractivity contribution in [2.45, 2.75) is 216 Å². The lowest BCUT2D eigenvalue weighted by molar-refractivity contribution is -0.388. The van der Waals surface area contributed by atoms with Gasteiger partial charge in [0.1, 0.15) is 61.0 Å². The second-order valence-corrected chi connectivity index (χ2v) is 23.0. The van der Waals surface area contributed by atoms with Crippen LogP contribution in [0.4, 0.5) is 0 Å². The number of ether oxygens (including phenoxy) is 8. The predicted molar refractivity (Wildman–Crippen MR) is 223 cm³/mol. The van der Waals surface area contributed by atoms with Crippen LogP contribution >= 0.6 is 0 Å². The molecule has 0 aromatic carbocycles. The molecule has 17 heteroatoms. The zero-order chi connectivity index (χ0) is 46.3. The summed E-state index contributed by atoms with van der Waals surface area (Å²) in [4.78, 5) is 0. The highest BCUT2D eigenvalue weighted by molar-refractivity contribution is 5.26. The first-order valence-corrected chi connectivity index (χ1v) is 23.9. The van der Waals surface area contributed by atoms with E-state index in [2.05, 4.69) is 47.6 Å². The summed E-state index contributed by atoms with van der Waals surface area (Å²) in [7, 11) is 0. The Hall–Kier alpha value is -0.940. The molecule has 25 atom stereocenters. The van der Waals surface area contributed by atoms with Gasteiger partial charge in [-0.15, -0.1) is 0 Å². The molecular formula is C47H76O17. The molecule has 4 saturated carbocycles. The van der Waals surface area contributed by atoms with Crippen LogP contribution in [0, 0.1) is 45.3 Å². The van der Waals surface area contributed by atoms with Gasteiger partial charge < -0.3 is 83.9 Å². The largest absolute Gasteiger partial charge is 0.394 e. The number of aliphatic hydroxyl groups excluding tert-OH is 8. The maximum Gasteiger partial charge on any atom is 0.187 e. The highest BCUT2D eigenvalue weighted by Crippen LogP contribution is 2.80. The van der Waals surface area contributed by atoms with Gasteiger partial charge in [-0.1, -0.05) is 39.3 Å². The van der Waals surface area contributed by atoms with E-state index in [-0.39, 0.29) is 46.7 Å². The lowest BCUT2D eigenvalue weighted by Crippen LogP contribution is -2.68. The quantitative estimate of drug-likeness (QED) is 0.122. The normalized spacial score (nSPS) is 57.8. The zero-order valence-corrected chi connectivity index (χ0v) is 38.7. The van der Waals surface area contributed by atoms with Gasteiger partial charge in [0.25, 0.3) is 0 Å². The molecule has 9 fully saturated rings. The Bertz CT molecular complexity index is 1740. The summed E-state index contributed by atoms with van der Waals surface area (Å²) in [5, 5.41) is 97.7. The van der Waals surface area contributed by atoms with Crippen molar-refractivity contribution in [3.05, 3.63) is 11.6 Å². The molecule has 9 N–H and O–H groups in total. The van der Waals surface area contributed by atoms with E-state index in [0.717, 1.165) is 44.1 Å². The molecule has 2 spiro atoms. The maximum atomic E-state index is 12.2. The summed E-state index contributed by atoms with van der Waals surface area (Å²) in [6.07, 6.45) is -12.6. The van der Waals surface area contributed by atoms with Gasteiger partial charge in [0.15, 0.2) is 24.7 Å². The second kappa shape index (κ2) is 16.6. The topological polar surface area (TPSA) is 256 Å². The van der Waals surface area contributed by atoms with Crippen molar-refractivity contribution in [3.63, 3.8) is 0 Å². The van der Waals surface area contributed by atoms with Gasteiger partial charge in [-0.2, -0.15) is 0 Å². The van der Waals surface area contributed by atoms with Crippen molar-refractivity contribution in [1.82, 2.24) is 0 Å². The minimum Gasteiger partial charge on any atom is -0.394 e. The molecule has 0 aromatic rings. The van der Waals surface area contributed by atoms with Gasteiger partial charge in [-0.25, -0.2) is 0 Å². The summed E-state index contributed by atoms with van der Waals surface area (Å²) in [5.41, 5.74) is -0.471. The van der Waals surface area contributed by atoms with E-state index in [0.29, 0.717) is 25.4 Å². The summed E-state index contributed by atoms with van der Waals surface area (Å²) < 4.78 is 51.0. The van der Waals surface area contributed by atoms with Gasteiger partial charge >= 0.3 is 0 Å². The van der Waals surface area contributed by atoms with Crippen LogP contribution in [0.15, 0.2) is 11.6 Å². The summed E-state index contributed by atoms with van der Waals surface area (Å²) in [5.74, 6) is -0.0364. The van der Waals surface area contributed by atoms with E-state index in [1.54, 1.807) is 0 Å². The van der Waals surface area contributed by atoms with E-state index >= 15 is 0 Å². The Kier molecular flexibility index (Phi) is 12.5. The van der Waals surface area contributed by atoms with E-state index in [1.165, 1.54) is 6.92 Å². The van der Waals surface area contributed by atoms with Crippen LogP contribution in [0.25, 0.3) is 0 Å². The van der Waals surface area contributed by atoms with Crippen LogP contribution in [0.1, 0.15) is 107 Å². The van der Waals surface area contributed by atoms with Crippen molar-refractivity contribution in [2.75, 3.05) is 19.8 Å². The standard InChI is InChI=1S/C47H76O17/c1-21(2)15-23-16-45(8,56)38-24-9-10-28-43(6)13-12-29(42(4,5)27(43)11-14-44(28,7)46(24)19-47(38,64-23)58-20-46)61-41-37(63-39-34(54)32(52)30(50)22(3)59-39)36(25(49)18-57-41)62-40-35(55)33(53)31(51)26(17-48)60-40/h15,22-41,48-56H,9-14,16-20H2,1-8H3/t22-,23-,24-,25+,26+,27+,28+,29+,30-,31+,32-,33-,34-,35-,36+,37-,38+,39+,40+,41-,43+,44-,45+,46+,47+/m1/s1. The highest BCUT2D eigenvalue weighted by atomic mass is 16.8. The fourth-order valence-electron chi connectivity index (χ4n) is 15.8. The molecule has 2 bridgehead atoms. The Morgan fingerprint density at radius 3 is 2.09 bits per heavy atom. The molecule has 0 aromatic heterocycles. The Morgan fingerprint density at radius 1 is 0.734 bits per heavy atom. The molecule has 0 amide bonds. The molecule has 9 aliphatic rings. The summed E-state index contributed by atoms with van der Waals surface area (Å²) >= 11 is 0. The molecule has 0 radical (unpaired) electrons. The van der Waals surface area contributed by atoms with Gasteiger partial charge in [-0.3, -0.25) is 0 Å². The summed E-state index contributed by atoms with van der Waals surface area (Å²) in [6.45, 7) is 16.7. The van der Waals surface area contributed by atoms with Crippen molar-refractivity contribution >= 4 is 0 Å². The second-order valence-electron chi connectivity index (χ2n) is 23.0. The van der Waals surface area contributed by atoms with Gasteiger partial charge in [0.05, 0.1) is 43.7 Å². The Labute approximate surface area is 376 Å². The van der Waals surface area contributed by atoms with E-state index in [4.69, 9.17) is 37.9 Å². The third kappa shape index (κ3) is 7.19. The molecule has 4 aliphatic carbocycles. The zero-order valence-electron chi connectivity index (χ0n) is 38.7. The van der Waals surface area contributed by atoms with E-state index in [1.807, 2.05) is 6.92 Å². The number of allylic oxidation sites excluding steroid dienone is 1. The third-order valence-corrected chi connectivity index (χ3v) is 18.7. The third-order valence-electron chi connectivity index (χ3n) is 18.7. The van der Waals surface area contributed by atoms with Gasteiger partial charge in [-0.05, 0) is 100 Å². The molecule has 5 aliphatic heterocycles. The summed E-state index contributed by atoms with van der Waals surface area (Å²) in [6, 6.07) is 0. The number of hydrogen-bond donors (Lipinski definition) is 9. The van der Waals surface area contributed by atoms with Crippen LogP contribution in [-0.4, -0.2) is 175 Å². The average Bonchev–Trinajstić information content (AvgIpc) is 3.74. The molecule has 64 heavy (non-hydrogen) atoms. The van der Waals surface area contributed by atoms with Crippen molar-refractivity contribution in [2.24, 2.45) is 45.3 Å². The van der Waals surface area contributed by atoms with Crippen LogP contribution in [0.3, 0.4) is 0 Å². The number of aliphatic hydroxyl groups is 9. The fourth-order valence-corrected chi connectivity index (χ4v) is 15.8. The Morgan fingerprint density at radius 2 is 1.41 bits per heavy atom. The van der Waals surface area contributed by atoms with E-state index in [9.17, 15) is 46.0 Å². The van der Waals surface area contributed by atoms with E-state index < -0.39 is 116 Å². The first-order valence-electron chi connectivity index (χ1n) is 23.9. The maximum absolute atomic E-state index is 12.2. The average molecular weight is 913 g/mol. The molecule has 5 saturated heterocycles. The van der Waals surface area contributed by atoms with Crippen LogP contribution in [-0.2, 0) is 37.9 Å². The number of hydrogen-bond acceptors (Lipinski definition) is 17. The molecular weight excluding hydrogens is 836 g/mol. The smallest absolute Gasteiger partial charge is 0.187 e. The first-order chi connectivity index (χ1) is 29.9. The molecule has 9 rings (SSSR count). The lowest BCUT2D eigenvalue weighted by atomic mass is 9.35. The van der Waals surface area contributed by atoms with Crippen molar-refractivity contribution in [1.29, 1.82) is 0 Å².